The number of nitrogens with one attached hydrogen (secondary N) is 3. The molecular formula is C20H18FN7O. The van der Waals surface area contributed by atoms with Crippen LogP contribution < -0.4 is 10.6 Å². The number of aromatic nitrogens is 5. The Morgan fingerprint density at radius 1 is 1.14 bits per heavy atom. The third-order valence-corrected chi connectivity index (χ3v) is 4.50. The molecule has 0 aromatic carbocycles. The molecule has 8 nitrogen and oxygen atoms in total. The molecule has 0 saturated carbocycles. The molecule has 9 heteroatoms. The predicted molar refractivity (Wildman–Crippen MR) is 108 cm³/mol. The summed E-state index contributed by atoms with van der Waals surface area (Å²) in [7, 11) is 1.69. The van der Waals surface area contributed by atoms with Gasteiger partial charge in [-0.05, 0) is 30.7 Å². The Bertz CT molecular complexity index is 1190. The summed E-state index contributed by atoms with van der Waals surface area (Å²) in [4.78, 5) is 32.2. The Kier molecular flexibility index (Phi) is 4.86. The van der Waals surface area contributed by atoms with Crippen LogP contribution in [0, 0.1) is 5.95 Å². The van der Waals surface area contributed by atoms with Crippen LogP contribution in [0.1, 0.15) is 28.5 Å². The van der Waals surface area contributed by atoms with Gasteiger partial charge in [0.2, 0.25) is 5.95 Å². The van der Waals surface area contributed by atoms with Crippen molar-refractivity contribution in [3.63, 3.8) is 0 Å². The van der Waals surface area contributed by atoms with E-state index < -0.39 is 11.7 Å². The van der Waals surface area contributed by atoms with Gasteiger partial charge in [0.05, 0.1) is 28.4 Å². The predicted octanol–water partition coefficient (Wildman–Crippen LogP) is 3.47. The number of rotatable bonds is 6. The van der Waals surface area contributed by atoms with Gasteiger partial charge in [0.1, 0.15) is 23.6 Å². The number of hydrogen-bond donors (Lipinski definition) is 3. The molecule has 29 heavy (non-hydrogen) atoms. The number of halogens is 1. The van der Waals surface area contributed by atoms with Crippen molar-refractivity contribution >= 4 is 34.1 Å². The molecule has 3 N–H and O–H groups in total. The van der Waals surface area contributed by atoms with Crippen LogP contribution >= 0.6 is 0 Å². The van der Waals surface area contributed by atoms with E-state index in [0.717, 1.165) is 12.1 Å². The van der Waals surface area contributed by atoms with Crippen molar-refractivity contribution < 1.29 is 9.18 Å². The van der Waals surface area contributed by atoms with Crippen LogP contribution in [0.4, 0.5) is 21.7 Å². The van der Waals surface area contributed by atoms with Crippen molar-refractivity contribution in [1.29, 1.82) is 0 Å². The molecule has 4 rings (SSSR count). The molecule has 0 aliphatic rings. The van der Waals surface area contributed by atoms with Crippen molar-refractivity contribution in [1.82, 2.24) is 24.9 Å². The van der Waals surface area contributed by atoms with Crippen LogP contribution in [0.25, 0.3) is 11.0 Å². The maximum atomic E-state index is 14.7. The van der Waals surface area contributed by atoms with Crippen LogP contribution in [-0.4, -0.2) is 37.8 Å². The zero-order valence-corrected chi connectivity index (χ0v) is 15.8. The molecule has 146 valence electrons. The van der Waals surface area contributed by atoms with Crippen molar-refractivity contribution in [2.24, 2.45) is 0 Å². The number of carbonyl (C=O) groups is 1. The number of ketones is 1. The van der Waals surface area contributed by atoms with E-state index in [1.165, 1.54) is 18.6 Å². The van der Waals surface area contributed by atoms with Gasteiger partial charge in [0.25, 0.3) is 0 Å². The summed E-state index contributed by atoms with van der Waals surface area (Å²) in [6.45, 7) is 2.02. The third-order valence-electron chi connectivity index (χ3n) is 4.50. The second-order valence-electron chi connectivity index (χ2n) is 6.28. The number of aryl methyl sites for hydroxylation is 1. The highest BCUT2D eigenvalue weighted by molar-refractivity contribution is 6.18. The standard InChI is InChI=1S/C20H18FN7O/c1-3-11-4-5-12(8-23-11)27-15-7-6-13(18(21)28-15)17(29)14-9-24-20-16(14)19(22-2)25-10-26-20/h4-10H,3H2,1-2H3,(H,27,28)(H2,22,24,25,26). The third kappa shape index (κ3) is 3.49. The van der Waals surface area contributed by atoms with E-state index in [-0.39, 0.29) is 16.9 Å². The van der Waals surface area contributed by atoms with Gasteiger partial charge in [-0.15, -0.1) is 0 Å². The van der Waals surface area contributed by atoms with Crippen LogP contribution in [-0.2, 0) is 6.42 Å². The lowest BCUT2D eigenvalue weighted by atomic mass is 10.0. The van der Waals surface area contributed by atoms with E-state index in [1.807, 2.05) is 19.1 Å². The molecule has 0 bridgehead atoms. The molecule has 0 saturated heterocycles. The maximum Gasteiger partial charge on any atom is 0.226 e. The highest BCUT2D eigenvalue weighted by Crippen LogP contribution is 2.26. The Labute approximate surface area is 165 Å². The fourth-order valence-electron chi connectivity index (χ4n) is 3.01. The number of hydrogen-bond acceptors (Lipinski definition) is 7. The smallest absolute Gasteiger partial charge is 0.226 e. The topological polar surface area (TPSA) is 108 Å². The quantitative estimate of drug-likeness (QED) is 0.341. The lowest BCUT2D eigenvalue weighted by Gasteiger charge is -2.08. The number of anilines is 3. The lowest BCUT2D eigenvalue weighted by molar-refractivity contribution is 0.103. The summed E-state index contributed by atoms with van der Waals surface area (Å²) in [5.74, 6) is -0.610. The SMILES string of the molecule is CCc1ccc(Nc2ccc(C(=O)c3c[nH]c4ncnc(NC)c34)c(F)n2)cn1. The second-order valence-corrected chi connectivity index (χ2v) is 6.28. The summed E-state index contributed by atoms with van der Waals surface area (Å²) in [6, 6.07) is 6.68. The zero-order valence-electron chi connectivity index (χ0n) is 15.8. The molecule has 0 atom stereocenters. The molecule has 0 spiro atoms. The highest BCUT2D eigenvalue weighted by Gasteiger charge is 2.21. The first-order chi connectivity index (χ1) is 14.1. The molecule has 4 heterocycles. The fraction of sp³-hybridized carbons (Fsp3) is 0.150. The van der Waals surface area contributed by atoms with E-state index in [2.05, 4.69) is 35.6 Å². The minimum Gasteiger partial charge on any atom is -0.372 e. The fourth-order valence-corrected chi connectivity index (χ4v) is 3.01. The number of aromatic amines is 1. The first-order valence-electron chi connectivity index (χ1n) is 9.03. The Morgan fingerprint density at radius 2 is 2.00 bits per heavy atom. The number of fused-ring (bicyclic) bond motifs is 1. The normalized spacial score (nSPS) is 10.9. The molecule has 0 aliphatic carbocycles. The number of nitrogens with zero attached hydrogens (tertiary/aromatic N) is 4. The molecule has 0 fully saturated rings. The van der Waals surface area contributed by atoms with Gasteiger partial charge in [-0.1, -0.05) is 6.92 Å². The summed E-state index contributed by atoms with van der Waals surface area (Å²) in [6.07, 6.45) is 5.36. The number of H-pyrrole nitrogens is 1. The van der Waals surface area contributed by atoms with Crippen LogP contribution in [0.2, 0.25) is 0 Å². The van der Waals surface area contributed by atoms with Gasteiger partial charge in [-0.25, -0.2) is 15.0 Å². The monoisotopic (exact) mass is 391 g/mol. The van der Waals surface area contributed by atoms with Gasteiger partial charge in [-0.2, -0.15) is 4.39 Å². The van der Waals surface area contributed by atoms with Crippen LogP contribution in [0.15, 0.2) is 43.0 Å². The maximum absolute atomic E-state index is 14.7. The van der Waals surface area contributed by atoms with Gasteiger partial charge < -0.3 is 15.6 Å². The molecule has 0 amide bonds. The zero-order chi connectivity index (χ0) is 20.4. The molecule has 4 aromatic rings. The molecule has 0 radical (unpaired) electrons. The second kappa shape index (κ2) is 7.63. The average molecular weight is 391 g/mol. The molecule has 4 aromatic heterocycles. The Morgan fingerprint density at radius 3 is 2.69 bits per heavy atom. The van der Waals surface area contributed by atoms with Crippen molar-refractivity contribution in [2.75, 3.05) is 17.7 Å². The number of carbonyl (C=O) groups excluding carboxylic acids is 1. The minimum absolute atomic E-state index is 0.137. The largest absolute Gasteiger partial charge is 0.372 e. The average Bonchev–Trinajstić information content (AvgIpc) is 3.18. The highest BCUT2D eigenvalue weighted by atomic mass is 19.1. The van der Waals surface area contributed by atoms with Crippen LogP contribution in [0.5, 0.6) is 0 Å². The van der Waals surface area contributed by atoms with Crippen molar-refractivity contribution in [3.8, 4) is 0 Å². The minimum atomic E-state index is -0.865. The van der Waals surface area contributed by atoms with E-state index in [4.69, 9.17) is 0 Å². The summed E-state index contributed by atoms with van der Waals surface area (Å²) < 4.78 is 14.7. The Hall–Kier alpha value is -3.88. The molecule has 0 aliphatic heterocycles. The van der Waals surface area contributed by atoms with Crippen LogP contribution in [0.3, 0.4) is 0 Å². The first kappa shape index (κ1) is 18.5. The lowest BCUT2D eigenvalue weighted by Crippen LogP contribution is -2.08. The van der Waals surface area contributed by atoms with E-state index in [9.17, 15) is 9.18 Å². The van der Waals surface area contributed by atoms with Crippen molar-refractivity contribution in [3.05, 3.63) is 65.8 Å². The summed E-state index contributed by atoms with van der Waals surface area (Å²) in [5, 5.41) is 6.40. The molecule has 0 unspecified atom stereocenters. The van der Waals surface area contributed by atoms with E-state index in [0.29, 0.717) is 22.5 Å². The van der Waals surface area contributed by atoms with Gasteiger partial charge in [0, 0.05) is 18.9 Å². The van der Waals surface area contributed by atoms with E-state index in [1.54, 1.807) is 19.3 Å². The first-order valence-corrected chi connectivity index (χ1v) is 9.03. The summed E-state index contributed by atoms with van der Waals surface area (Å²) in [5.41, 5.74) is 2.26. The number of pyridine rings is 2. The summed E-state index contributed by atoms with van der Waals surface area (Å²) >= 11 is 0. The van der Waals surface area contributed by atoms with Gasteiger partial charge in [-0.3, -0.25) is 9.78 Å². The van der Waals surface area contributed by atoms with E-state index >= 15 is 0 Å². The molecular weight excluding hydrogens is 373 g/mol. The van der Waals surface area contributed by atoms with Crippen molar-refractivity contribution in [2.45, 2.75) is 13.3 Å². The van der Waals surface area contributed by atoms with Gasteiger partial charge >= 0.3 is 0 Å². The Balaban J connectivity index is 1.63. The van der Waals surface area contributed by atoms with Gasteiger partial charge in [0.15, 0.2) is 5.78 Å².